The van der Waals surface area contributed by atoms with Crippen molar-refractivity contribution in [3.8, 4) is 23.4 Å². The molecule has 2 aliphatic heterocycles. The summed E-state index contributed by atoms with van der Waals surface area (Å²) in [4.78, 5) is 8.97. The van der Waals surface area contributed by atoms with Crippen molar-refractivity contribution >= 4 is 11.5 Å². The lowest BCUT2D eigenvalue weighted by Gasteiger charge is -2.41. The molecule has 0 spiro atoms. The van der Waals surface area contributed by atoms with Crippen molar-refractivity contribution in [2.45, 2.75) is 6.04 Å². The van der Waals surface area contributed by atoms with Crippen LogP contribution in [0.2, 0.25) is 0 Å². The van der Waals surface area contributed by atoms with Gasteiger partial charge >= 0.3 is 0 Å². The summed E-state index contributed by atoms with van der Waals surface area (Å²) in [6.07, 6.45) is 0. The van der Waals surface area contributed by atoms with Gasteiger partial charge < -0.3 is 25.8 Å². The molecule has 4 N–H and O–H groups in total. The lowest BCUT2D eigenvalue weighted by molar-refractivity contribution is 0.122. The Morgan fingerprint density at radius 3 is 2.67 bits per heavy atom. The Morgan fingerprint density at radius 2 is 2.00 bits per heavy atom. The largest absolute Gasteiger partial charge is 0.497 e. The summed E-state index contributed by atoms with van der Waals surface area (Å²) in [5, 5.41) is 9.47. The molecule has 0 aliphatic carbocycles. The SMILES string of the molecule is COc1ccc2c(c1)Oc1nc(N)c(C#N)c(N)c1C2N1CCN(C)CC1. The zero-order valence-corrected chi connectivity index (χ0v) is 15.4. The topological polar surface area (TPSA) is 114 Å². The zero-order chi connectivity index (χ0) is 19.1. The van der Waals surface area contributed by atoms with Crippen LogP contribution < -0.4 is 20.9 Å². The van der Waals surface area contributed by atoms with Crippen molar-refractivity contribution in [3.05, 3.63) is 34.9 Å². The van der Waals surface area contributed by atoms with E-state index in [1.54, 1.807) is 7.11 Å². The van der Waals surface area contributed by atoms with Crippen LogP contribution in [0.4, 0.5) is 11.5 Å². The number of nitrogens with two attached hydrogens (primary N) is 2. The standard InChI is InChI=1S/C19H22N6O2/c1-24-5-7-25(8-6-24)17-12-4-3-11(26-2)9-14(12)27-19-15(17)16(21)13(10-20)18(22)23-19/h3-4,9,17H,5-8H2,1-2H3,(H4,21,22,23). The first kappa shape index (κ1) is 17.4. The average Bonchev–Trinajstić information content (AvgIpc) is 2.67. The first-order chi connectivity index (χ1) is 13.0. The second kappa shape index (κ2) is 6.61. The fourth-order valence-corrected chi connectivity index (χ4v) is 3.75. The number of nitriles is 1. The molecule has 1 fully saturated rings. The number of piperazine rings is 1. The molecule has 1 atom stereocenters. The number of nitrogens with zero attached hydrogens (tertiary/aromatic N) is 4. The molecule has 140 valence electrons. The maximum Gasteiger partial charge on any atom is 0.228 e. The predicted molar refractivity (Wildman–Crippen MR) is 102 cm³/mol. The van der Waals surface area contributed by atoms with Gasteiger partial charge in [0.15, 0.2) is 0 Å². The third kappa shape index (κ3) is 2.81. The van der Waals surface area contributed by atoms with E-state index >= 15 is 0 Å². The van der Waals surface area contributed by atoms with Gasteiger partial charge in [-0.15, -0.1) is 0 Å². The van der Waals surface area contributed by atoms with Crippen LogP contribution >= 0.6 is 0 Å². The Bertz CT molecular complexity index is 931. The van der Waals surface area contributed by atoms with Crippen molar-refractivity contribution in [2.75, 3.05) is 51.8 Å². The molecule has 0 saturated carbocycles. The number of pyridine rings is 1. The summed E-state index contributed by atoms with van der Waals surface area (Å²) in [5.41, 5.74) is 14.5. The fraction of sp³-hybridized carbons (Fsp3) is 0.368. The maximum atomic E-state index is 9.47. The van der Waals surface area contributed by atoms with Gasteiger partial charge in [0.2, 0.25) is 5.88 Å². The number of fused-ring (bicyclic) bond motifs is 2. The monoisotopic (exact) mass is 366 g/mol. The predicted octanol–water partition coefficient (Wildman–Crippen LogP) is 1.57. The van der Waals surface area contributed by atoms with Crippen LogP contribution in [0.15, 0.2) is 18.2 Å². The summed E-state index contributed by atoms with van der Waals surface area (Å²) in [6, 6.07) is 7.66. The van der Waals surface area contributed by atoms with Crippen molar-refractivity contribution in [2.24, 2.45) is 0 Å². The van der Waals surface area contributed by atoms with Crippen molar-refractivity contribution in [1.29, 1.82) is 5.26 Å². The molecular formula is C19H22N6O2. The number of ether oxygens (including phenoxy) is 2. The molecule has 1 saturated heterocycles. The van der Waals surface area contributed by atoms with Crippen molar-refractivity contribution in [1.82, 2.24) is 14.8 Å². The molecule has 27 heavy (non-hydrogen) atoms. The number of benzene rings is 1. The number of hydrogen-bond acceptors (Lipinski definition) is 8. The van der Waals surface area contributed by atoms with Gasteiger partial charge in [-0.2, -0.15) is 10.2 Å². The van der Waals surface area contributed by atoms with Crippen molar-refractivity contribution in [3.63, 3.8) is 0 Å². The number of rotatable bonds is 2. The second-order valence-corrected chi connectivity index (χ2v) is 6.86. The van der Waals surface area contributed by atoms with E-state index in [0.29, 0.717) is 28.6 Å². The van der Waals surface area contributed by atoms with Gasteiger partial charge in [0.25, 0.3) is 0 Å². The summed E-state index contributed by atoms with van der Waals surface area (Å²) in [6.45, 7) is 3.65. The summed E-state index contributed by atoms with van der Waals surface area (Å²) in [5.74, 6) is 1.80. The highest BCUT2D eigenvalue weighted by Crippen LogP contribution is 2.49. The van der Waals surface area contributed by atoms with Gasteiger partial charge in [-0.1, -0.05) is 0 Å². The quantitative estimate of drug-likeness (QED) is 0.823. The van der Waals surface area contributed by atoms with Gasteiger partial charge in [0.05, 0.1) is 24.4 Å². The van der Waals surface area contributed by atoms with Crippen LogP contribution in [0, 0.1) is 11.3 Å². The molecule has 0 bridgehead atoms. The lowest BCUT2D eigenvalue weighted by Crippen LogP contribution is -2.46. The van der Waals surface area contributed by atoms with Gasteiger partial charge in [0.1, 0.15) is 28.9 Å². The Hall–Kier alpha value is -3.02. The highest BCUT2D eigenvalue weighted by Gasteiger charge is 2.37. The fourth-order valence-electron chi connectivity index (χ4n) is 3.75. The first-order valence-electron chi connectivity index (χ1n) is 8.80. The lowest BCUT2D eigenvalue weighted by atomic mass is 9.91. The minimum Gasteiger partial charge on any atom is -0.497 e. The highest BCUT2D eigenvalue weighted by molar-refractivity contribution is 5.73. The number of hydrogen-bond donors (Lipinski definition) is 2. The van der Waals surface area contributed by atoms with Gasteiger partial charge in [0, 0.05) is 37.8 Å². The van der Waals surface area contributed by atoms with Crippen LogP contribution in [-0.4, -0.2) is 55.1 Å². The van der Waals surface area contributed by atoms with Crippen LogP contribution in [0.1, 0.15) is 22.7 Å². The number of anilines is 2. The number of nitrogen functional groups attached to an aromatic ring is 2. The van der Waals surface area contributed by atoms with E-state index < -0.39 is 0 Å². The third-order valence-electron chi connectivity index (χ3n) is 5.28. The van der Waals surface area contributed by atoms with Crippen molar-refractivity contribution < 1.29 is 9.47 Å². The van der Waals surface area contributed by atoms with E-state index in [1.807, 2.05) is 18.2 Å². The van der Waals surface area contributed by atoms with E-state index in [1.165, 1.54) is 0 Å². The number of methoxy groups -OCH3 is 1. The highest BCUT2D eigenvalue weighted by atomic mass is 16.5. The molecule has 1 aromatic heterocycles. The van der Waals surface area contributed by atoms with E-state index in [9.17, 15) is 5.26 Å². The molecule has 0 radical (unpaired) electrons. The summed E-state index contributed by atoms with van der Waals surface area (Å²) >= 11 is 0. The van der Waals surface area contributed by atoms with E-state index in [2.05, 4.69) is 27.9 Å². The van der Waals surface area contributed by atoms with E-state index in [4.69, 9.17) is 20.9 Å². The number of likely N-dealkylation sites (N-methyl/N-ethyl adjacent to an activating group) is 1. The molecule has 4 rings (SSSR count). The molecule has 1 aromatic carbocycles. The summed E-state index contributed by atoms with van der Waals surface area (Å²) in [7, 11) is 3.72. The molecule has 8 heteroatoms. The Labute approximate surface area is 157 Å². The Kier molecular flexibility index (Phi) is 4.26. The Balaban J connectivity index is 1.90. The first-order valence-corrected chi connectivity index (χ1v) is 8.80. The van der Waals surface area contributed by atoms with Crippen LogP contribution in [-0.2, 0) is 0 Å². The van der Waals surface area contributed by atoms with E-state index in [0.717, 1.165) is 31.7 Å². The third-order valence-corrected chi connectivity index (χ3v) is 5.28. The molecule has 1 unspecified atom stereocenters. The van der Waals surface area contributed by atoms with Gasteiger partial charge in [-0.3, -0.25) is 4.90 Å². The molecule has 2 aliphatic rings. The minimum absolute atomic E-state index is 0.0808. The summed E-state index contributed by atoms with van der Waals surface area (Å²) < 4.78 is 11.4. The minimum atomic E-state index is -0.149. The second-order valence-electron chi connectivity index (χ2n) is 6.86. The molecule has 3 heterocycles. The van der Waals surface area contributed by atoms with E-state index in [-0.39, 0.29) is 17.4 Å². The molecule has 0 amide bonds. The Morgan fingerprint density at radius 1 is 1.26 bits per heavy atom. The smallest absolute Gasteiger partial charge is 0.228 e. The molecule has 2 aromatic rings. The number of aromatic nitrogens is 1. The normalized spacial score (nSPS) is 19.5. The van der Waals surface area contributed by atoms with Gasteiger partial charge in [-0.25, -0.2) is 0 Å². The zero-order valence-electron chi connectivity index (χ0n) is 15.4. The van der Waals surface area contributed by atoms with Crippen LogP contribution in [0.25, 0.3) is 0 Å². The van der Waals surface area contributed by atoms with Crippen LogP contribution in [0.5, 0.6) is 17.4 Å². The average molecular weight is 366 g/mol. The van der Waals surface area contributed by atoms with Gasteiger partial charge in [-0.05, 0) is 19.2 Å². The molecular weight excluding hydrogens is 344 g/mol. The van der Waals surface area contributed by atoms with Crippen LogP contribution in [0.3, 0.4) is 0 Å². The maximum absolute atomic E-state index is 9.47. The molecule has 8 nitrogen and oxygen atoms in total.